The molecule has 6 nitrogen and oxygen atoms in total. The summed E-state index contributed by atoms with van der Waals surface area (Å²) in [6.45, 7) is 3.61. The maximum absolute atomic E-state index is 12.7. The molecule has 1 atom stereocenters. The van der Waals surface area contributed by atoms with Crippen molar-refractivity contribution in [1.29, 1.82) is 0 Å². The molecule has 0 aliphatic carbocycles. The lowest BCUT2D eigenvalue weighted by Crippen LogP contribution is -2.25. The second-order valence-electron chi connectivity index (χ2n) is 6.33. The Labute approximate surface area is 171 Å². The number of rotatable bonds is 5. The number of para-hydroxylation sites is 1. The van der Waals surface area contributed by atoms with Gasteiger partial charge < -0.3 is 10.1 Å². The van der Waals surface area contributed by atoms with Crippen LogP contribution in [0.5, 0.6) is 5.75 Å². The van der Waals surface area contributed by atoms with Crippen molar-refractivity contribution in [3.05, 3.63) is 57.3 Å². The summed E-state index contributed by atoms with van der Waals surface area (Å²) >= 11 is 7.33. The molecule has 0 spiro atoms. The third-order valence-corrected chi connectivity index (χ3v) is 5.88. The molecule has 146 valence electrons. The quantitative estimate of drug-likeness (QED) is 0.501. The largest absolute Gasteiger partial charge is 0.495 e. The van der Waals surface area contributed by atoms with Crippen LogP contribution in [0, 0.1) is 6.92 Å². The molecule has 0 bridgehead atoms. The molecule has 1 N–H and O–H groups in total. The van der Waals surface area contributed by atoms with Gasteiger partial charge in [-0.1, -0.05) is 35.5 Å². The lowest BCUT2D eigenvalue weighted by atomic mass is 10.2. The molecular weight excluding hydrogens is 398 g/mol. The Bertz CT molecular complexity index is 1110. The van der Waals surface area contributed by atoms with Gasteiger partial charge in [-0.15, -0.1) is 0 Å². The number of ether oxygens (including phenoxy) is 1. The van der Waals surface area contributed by atoms with E-state index in [-0.39, 0.29) is 11.5 Å². The summed E-state index contributed by atoms with van der Waals surface area (Å²) in [7, 11) is 3.17. The number of fused-ring (bicyclic) bond motifs is 1. The molecule has 0 saturated carbocycles. The number of nitrogens with zero attached hydrogens (tertiary/aromatic N) is 2. The van der Waals surface area contributed by atoms with Gasteiger partial charge in [0, 0.05) is 18.1 Å². The van der Waals surface area contributed by atoms with Crippen molar-refractivity contribution in [2.24, 2.45) is 7.05 Å². The molecule has 3 rings (SSSR count). The third-order valence-electron chi connectivity index (χ3n) is 4.33. The summed E-state index contributed by atoms with van der Waals surface area (Å²) in [6.07, 6.45) is 0. The van der Waals surface area contributed by atoms with E-state index in [1.54, 1.807) is 44.3 Å². The molecule has 0 saturated heterocycles. The van der Waals surface area contributed by atoms with E-state index in [2.05, 4.69) is 10.3 Å². The van der Waals surface area contributed by atoms with Crippen molar-refractivity contribution in [2.75, 3.05) is 12.4 Å². The molecule has 28 heavy (non-hydrogen) atoms. The Morgan fingerprint density at radius 2 is 2.04 bits per heavy atom. The SMILES string of the molecule is COc1cc(Cl)c(C)cc1NC(=O)C(C)Sc1nc2ccccc2c(=O)n1C. The molecule has 1 aromatic heterocycles. The van der Waals surface area contributed by atoms with Gasteiger partial charge in [0.05, 0.1) is 29.0 Å². The molecule has 3 aromatic rings. The van der Waals surface area contributed by atoms with Crippen LogP contribution in [0.1, 0.15) is 12.5 Å². The average Bonchev–Trinajstić information content (AvgIpc) is 2.68. The maximum atomic E-state index is 12.7. The fourth-order valence-corrected chi connectivity index (χ4v) is 3.71. The Hall–Kier alpha value is -2.51. The molecule has 0 aliphatic heterocycles. The first-order chi connectivity index (χ1) is 13.3. The zero-order valence-electron chi connectivity index (χ0n) is 15.9. The van der Waals surface area contributed by atoms with Crippen LogP contribution in [-0.4, -0.2) is 27.8 Å². The minimum Gasteiger partial charge on any atom is -0.495 e. The highest BCUT2D eigenvalue weighted by molar-refractivity contribution is 8.00. The Morgan fingerprint density at radius 1 is 1.32 bits per heavy atom. The smallest absolute Gasteiger partial charge is 0.261 e. The van der Waals surface area contributed by atoms with Gasteiger partial charge in [-0.2, -0.15) is 0 Å². The van der Waals surface area contributed by atoms with Crippen molar-refractivity contribution in [3.8, 4) is 5.75 Å². The number of aryl methyl sites for hydroxylation is 1. The molecule has 0 fully saturated rings. The number of aromatic nitrogens is 2. The number of hydrogen-bond donors (Lipinski definition) is 1. The van der Waals surface area contributed by atoms with Gasteiger partial charge in [-0.05, 0) is 37.6 Å². The second-order valence-corrected chi connectivity index (χ2v) is 8.04. The van der Waals surface area contributed by atoms with E-state index < -0.39 is 5.25 Å². The van der Waals surface area contributed by atoms with Crippen molar-refractivity contribution in [2.45, 2.75) is 24.3 Å². The van der Waals surface area contributed by atoms with Gasteiger partial charge in [0.25, 0.3) is 5.56 Å². The van der Waals surface area contributed by atoms with Gasteiger partial charge in [0.1, 0.15) is 5.75 Å². The van der Waals surface area contributed by atoms with E-state index in [1.165, 1.54) is 23.4 Å². The third kappa shape index (κ3) is 4.00. The van der Waals surface area contributed by atoms with Gasteiger partial charge in [-0.3, -0.25) is 14.2 Å². The average molecular weight is 418 g/mol. The minimum absolute atomic E-state index is 0.143. The fourth-order valence-electron chi connectivity index (χ4n) is 2.68. The van der Waals surface area contributed by atoms with Gasteiger partial charge in [0.2, 0.25) is 5.91 Å². The van der Waals surface area contributed by atoms with E-state index in [0.717, 1.165) is 5.56 Å². The van der Waals surface area contributed by atoms with Crippen LogP contribution in [0.3, 0.4) is 0 Å². The highest BCUT2D eigenvalue weighted by atomic mass is 35.5. The van der Waals surface area contributed by atoms with E-state index in [9.17, 15) is 9.59 Å². The molecular formula is C20H20ClN3O3S. The number of methoxy groups -OCH3 is 1. The topological polar surface area (TPSA) is 73.2 Å². The van der Waals surface area contributed by atoms with Crippen LogP contribution in [-0.2, 0) is 11.8 Å². The number of amides is 1. The zero-order valence-corrected chi connectivity index (χ0v) is 17.5. The normalized spacial score (nSPS) is 12.0. The van der Waals surface area contributed by atoms with E-state index in [1.807, 2.05) is 13.0 Å². The number of carbonyl (C=O) groups is 1. The highest BCUT2D eigenvalue weighted by Gasteiger charge is 2.20. The van der Waals surface area contributed by atoms with Crippen LogP contribution in [0.25, 0.3) is 10.9 Å². The van der Waals surface area contributed by atoms with E-state index in [0.29, 0.717) is 32.5 Å². The first-order valence-corrected chi connectivity index (χ1v) is 9.85. The van der Waals surface area contributed by atoms with Crippen LogP contribution >= 0.6 is 23.4 Å². The second kappa shape index (κ2) is 8.24. The van der Waals surface area contributed by atoms with Crippen LogP contribution in [0.2, 0.25) is 5.02 Å². The van der Waals surface area contributed by atoms with Crippen LogP contribution in [0.15, 0.2) is 46.3 Å². The first kappa shape index (κ1) is 20.2. The van der Waals surface area contributed by atoms with Gasteiger partial charge in [0.15, 0.2) is 5.16 Å². The zero-order chi connectivity index (χ0) is 20.4. The number of thioether (sulfide) groups is 1. The molecule has 1 amide bonds. The highest BCUT2D eigenvalue weighted by Crippen LogP contribution is 2.32. The Morgan fingerprint density at radius 3 is 2.75 bits per heavy atom. The summed E-state index contributed by atoms with van der Waals surface area (Å²) in [5.74, 6) is 0.254. The Balaban J connectivity index is 1.84. The summed E-state index contributed by atoms with van der Waals surface area (Å²) in [4.78, 5) is 29.8. The number of nitrogens with one attached hydrogen (secondary N) is 1. The maximum Gasteiger partial charge on any atom is 0.261 e. The molecule has 0 radical (unpaired) electrons. The molecule has 2 aromatic carbocycles. The van der Waals surface area contributed by atoms with Crippen molar-refractivity contribution in [3.63, 3.8) is 0 Å². The number of hydrogen-bond acceptors (Lipinski definition) is 5. The van der Waals surface area contributed by atoms with Crippen LogP contribution in [0.4, 0.5) is 5.69 Å². The Kier molecular flexibility index (Phi) is 5.96. The van der Waals surface area contributed by atoms with Gasteiger partial charge in [-0.25, -0.2) is 4.98 Å². The standard InChI is InChI=1S/C20H20ClN3O3S/c1-11-9-16(17(27-4)10-14(11)21)22-18(25)12(2)28-20-23-15-8-6-5-7-13(15)19(26)24(20)3/h5-10,12H,1-4H3,(H,22,25). The van der Waals surface area contributed by atoms with E-state index in [4.69, 9.17) is 16.3 Å². The number of benzene rings is 2. The van der Waals surface area contributed by atoms with Gasteiger partial charge >= 0.3 is 0 Å². The molecule has 8 heteroatoms. The first-order valence-electron chi connectivity index (χ1n) is 8.59. The molecule has 0 aliphatic rings. The summed E-state index contributed by atoms with van der Waals surface area (Å²) < 4.78 is 6.76. The predicted octanol–water partition coefficient (Wildman–Crippen LogP) is 4.02. The van der Waals surface area contributed by atoms with E-state index >= 15 is 0 Å². The lowest BCUT2D eigenvalue weighted by Gasteiger charge is -2.16. The van der Waals surface area contributed by atoms with Crippen LogP contribution < -0.4 is 15.6 Å². The fraction of sp³-hybridized carbons (Fsp3) is 0.250. The summed E-state index contributed by atoms with van der Waals surface area (Å²) in [5, 5.41) is 3.96. The summed E-state index contributed by atoms with van der Waals surface area (Å²) in [5.41, 5.74) is 1.84. The molecule has 1 unspecified atom stereocenters. The molecule has 1 heterocycles. The minimum atomic E-state index is -0.486. The number of halogens is 1. The monoisotopic (exact) mass is 417 g/mol. The predicted molar refractivity (Wildman–Crippen MR) is 114 cm³/mol. The lowest BCUT2D eigenvalue weighted by molar-refractivity contribution is -0.115. The summed E-state index contributed by atoms with van der Waals surface area (Å²) in [6, 6.07) is 10.6. The number of carbonyl (C=O) groups excluding carboxylic acids is 1. The van der Waals surface area contributed by atoms with Crippen molar-refractivity contribution < 1.29 is 9.53 Å². The number of anilines is 1. The van der Waals surface area contributed by atoms with Crippen molar-refractivity contribution >= 4 is 45.9 Å². The van der Waals surface area contributed by atoms with Crippen molar-refractivity contribution in [1.82, 2.24) is 9.55 Å².